The molecule has 5 nitrogen and oxygen atoms in total. The highest BCUT2D eigenvalue weighted by Crippen LogP contribution is 2.19. The average Bonchev–Trinajstić information content (AvgIpc) is 2.48. The fourth-order valence-electron chi connectivity index (χ4n) is 1.80. The Morgan fingerprint density at radius 2 is 1.75 bits per heavy atom. The number of phenols is 1. The van der Waals surface area contributed by atoms with E-state index in [-0.39, 0.29) is 5.75 Å². The highest BCUT2D eigenvalue weighted by Gasteiger charge is 2.03. The third-order valence-electron chi connectivity index (χ3n) is 2.71. The summed E-state index contributed by atoms with van der Waals surface area (Å²) in [5, 5.41) is 12.5. The monoisotopic (exact) mass is 264 g/mol. The van der Waals surface area contributed by atoms with Gasteiger partial charge in [0.05, 0.1) is 0 Å². The Morgan fingerprint density at radius 3 is 2.55 bits per heavy atom. The average molecular weight is 264 g/mol. The number of hydrogen-bond donors (Lipinski definition) is 2. The van der Waals surface area contributed by atoms with E-state index in [4.69, 9.17) is 0 Å². The van der Waals surface area contributed by atoms with Crippen molar-refractivity contribution in [3.8, 4) is 17.1 Å². The van der Waals surface area contributed by atoms with Gasteiger partial charge in [0, 0.05) is 17.3 Å². The molecule has 0 saturated heterocycles. The number of nitrogens with one attached hydrogen (secondary N) is 1. The van der Waals surface area contributed by atoms with Crippen molar-refractivity contribution in [3.05, 3.63) is 60.9 Å². The van der Waals surface area contributed by atoms with Gasteiger partial charge in [-0.15, -0.1) is 0 Å². The van der Waals surface area contributed by atoms with Crippen LogP contribution in [-0.4, -0.2) is 20.1 Å². The quantitative estimate of drug-likeness (QED) is 0.761. The van der Waals surface area contributed by atoms with Crippen LogP contribution >= 0.6 is 0 Å². The lowest BCUT2D eigenvalue weighted by molar-refractivity contribution is 0.475. The molecule has 0 saturated carbocycles. The van der Waals surface area contributed by atoms with E-state index in [0.29, 0.717) is 11.8 Å². The van der Waals surface area contributed by atoms with Crippen LogP contribution in [0.3, 0.4) is 0 Å². The topological polar surface area (TPSA) is 70.9 Å². The van der Waals surface area contributed by atoms with E-state index in [2.05, 4.69) is 20.3 Å². The van der Waals surface area contributed by atoms with Crippen LogP contribution < -0.4 is 5.32 Å². The van der Waals surface area contributed by atoms with Crippen molar-refractivity contribution in [2.24, 2.45) is 0 Å². The van der Waals surface area contributed by atoms with E-state index < -0.39 is 0 Å². The zero-order valence-electron chi connectivity index (χ0n) is 10.6. The van der Waals surface area contributed by atoms with Gasteiger partial charge in [-0.2, -0.15) is 4.98 Å². The molecule has 3 rings (SSSR count). The highest BCUT2D eigenvalue weighted by molar-refractivity contribution is 5.59. The van der Waals surface area contributed by atoms with Crippen molar-refractivity contribution in [1.82, 2.24) is 15.0 Å². The SMILES string of the molecule is Oc1cccc(Nc2ncnc(-c3ccccc3)n2)c1. The van der Waals surface area contributed by atoms with Crippen LogP contribution in [0, 0.1) is 0 Å². The number of anilines is 2. The molecule has 5 heteroatoms. The minimum atomic E-state index is 0.187. The minimum Gasteiger partial charge on any atom is -0.508 e. The second kappa shape index (κ2) is 5.36. The third kappa shape index (κ3) is 2.72. The van der Waals surface area contributed by atoms with Gasteiger partial charge in [0.1, 0.15) is 12.1 Å². The Balaban J connectivity index is 1.88. The van der Waals surface area contributed by atoms with Crippen LogP contribution in [0.25, 0.3) is 11.4 Å². The van der Waals surface area contributed by atoms with Crippen molar-refractivity contribution in [2.75, 3.05) is 5.32 Å². The predicted molar refractivity (Wildman–Crippen MR) is 76.7 cm³/mol. The first kappa shape index (κ1) is 12.1. The summed E-state index contributed by atoms with van der Waals surface area (Å²) in [7, 11) is 0. The number of aromatic hydroxyl groups is 1. The van der Waals surface area contributed by atoms with E-state index in [9.17, 15) is 5.11 Å². The molecule has 0 radical (unpaired) electrons. The van der Waals surface area contributed by atoms with Gasteiger partial charge < -0.3 is 10.4 Å². The summed E-state index contributed by atoms with van der Waals surface area (Å²) >= 11 is 0. The van der Waals surface area contributed by atoms with Gasteiger partial charge in [0.15, 0.2) is 5.82 Å². The molecule has 0 aliphatic carbocycles. The fraction of sp³-hybridized carbons (Fsp3) is 0. The van der Waals surface area contributed by atoms with E-state index in [1.165, 1.54) is 6.33 Å². The lowest BCUT2D eigenvalue weighted by atomic mass is 10.2. The first-order valence-electron chi connectivity index (χ1n) is 6.12. The van der Waals surface area contributed by atoms with Gasteiger partial charge in [-0.05, 0) is 12.1 Å². The number of nitrogens with zero attached hydrogens (tertiary/aromatic N) is 3. The van der Waals surface area contributed by atoms with Gasteiger partial charge in [-0.25, -0.2) is 9.97 Å². The summed E-state index contributed by atoms with van der Waals surface area (Å²) in [6, 6.07) is 16.5. The van der Waals surface area contributed by atoms with Gasteiger partial charge in [0.2, 0.25) is 5.95 Å². The zero-order valence-corrected chi connectivity index (χ0v) is 10.6. The lowest BCUT2D eigenvalue weighted by Gasteiger charge is -2.06. The summed E-state index contributed by atoms with van der Waals surface area (Å²) < 4.78 is 0. The summed E-state index contributed by atoms with van der Waals surface area (Å²) in [6.45, 7) is 0. The first-order valence-corrected chi connectivity index (χ1v) is 6.12. The van der Waals surface area contributed by atoms with Crippen LogP contribution in [0.5, 0.6) is 5.75 Å². The summed E-state index contributed by atoms with van der Waals surface area (Å²) in [5.41, 5.74) is 1.64. The van der Waals surface area contributed by atoms with Crippen molar-refractivity contribution in [3.63, 3.8) is 0 Å². The molecule has 0 unspecified atom stereocenters. The maximum absolute atomic E-state index is 9.43. The van der Waals surface area contributed by atoms with Gasteiger partial charge >= 0.3 is 0 Å². The number of aromatic nitrogens is 3. The first-order chi connectivity index (χ1) is 9.81. The smallest absolute Gasteiger partial charge is 0.230 e. The summed E-state index contributed by atoms with van der Waals surface area (Å²) in [5.74, 6) is 1.22. The summed E-state index contributed by atoms with van der Waals surface area (Å²) in [4.78, 5) is 12.6. The predicted octanol–water partition coefficient (Wildman–Crippen LogP) is 2.99. The van der Waals surface area contributed by atoms with Crippen LogP contribution in [0.4, 0.5) is 11.6 Å². The molecule has 2 N–H and O–H groups in total. The number of rotatable bonds is 3. The Morgan fingerprint density at radius 1 is 0.900 bits per heavy atom. The van der Waals surface area contributed by atoms with Crippen molar-refractivity contribution < 1.29 is 5.11 Å². The molecule has 0 aliphatic heterocycles. The maximum Gasteiger partial charge on any atom is 0.230 e. The second-order valence-electron chi connectivity index (χ2n) is 4.17. The molecule has 0 fully saturated rings. The van der Waals surface area contributed by atoms with Crippen molar-refractivity contribution in [2.45, 2.75) is 0 Å². The zero-order chi connectivity index (χ0) is 13.8. The molecule has 0 bridgehead atoms. The second-order valence-corrected chi connectivity index (χ2v) is 4.17. The van der Waals surface area contributed by atoms with Gasteiger partial charge in [0.25, 0.3) is 0 Å². The van der Waals surface area contributed by atoms with E-state index in [1.807, 2.05) is 36.4 Å². The third-order valence-corrected chi connectivity index (χ3v) is 2.71. The fourth-order valence-corrected chi connectivity index (χ4v) is 1.80. The van der Waals surface area contributed by atoms with Crippen LogP contribution in [0.15, 0.2) is 60.9 Å². The van der Waals surface area contributed by atoms with Gasteiger partial charge in [-0.3, -0.25) is 0 Å². The molecule has 0 aliphatic rings. The molecule has 0 amide bonds. The van der Waals surface area contributed by atoms with Crippen LogP contribution in [0.1, 0.15) is 0 Å². The Hall–Kier alpha value is -2.95. The minimum absolute atomic E-state index is 0.187. The normalized spacial score (nSPS) is 10.2. The number of benzene rings is 2. The molecule has 1 heterocycles. The Labute approximate surface area is 116 Å². The highest BCUT2D eigenvalue weighted by atomic mass is 16.3. The Bertz CT molecular complexity index is 716. The van der Waals surface area contributed by atoms with E-state index in [1.54, 1.807) is 18.2 Å². The van der Waals surface area contributed by atoms with Crippen LogP contribution in [0.2, 0.25) is 0 Å². The lowest BCUT2D eigenvalue weighted by Crippen LogP contribution is -1.99. The standard InChI is InChI=1S/C15H12N4O/c20-13-8-4-7-12(9-13)18-15-17-10-16-14(19-15)11-5-2-1-3-6-11/h1-10,20H,(H,16,17,18,19). The molecule has 0 spiro atoms. The van der Waals surface area contributed by atoms with Crippen molar-refractivity contribution >= 4 is 11.6 Å². The molecule has 3 aromatic rings. The number of phenolic OH excluding ortho intramolecular Hbond substituents is 1. The molecule has 0 atom stereocenters. The maximum atomic E-state index is 9.43. The molecule has 20 heavy (non-hydrogen) atoms. The van der Waals surface area contributed by atoms with Crippen LogP contribution in [-0.2, 0) is 0 Å². The van der Waals surface area contributed by atoms with Gasteiger partial charge in [-0.1, -0.05) is 36.4 Å². The number of hydrogen-bond acceptors (Lipinski definition) is 5. The van der Waals surface area contributed by atoms with E-state index in [0.717, 1.165) is 11.3 Å². The van der Waals surface area contributed by atoms with E-state index >= 15 is 0 Å². The van der Waals surface area contributed by atoms with Crippen molar-refractivity contribution in [1.29, 1.82) is 0 Å². The summed E-state index contributed by atoms with van der Waals surface area (Å²) in [6.07, 6.45) is 1.46. The largest absolute Gasteiger partial charge is 0.508 e. The molecule has 1 aromatic heterocycles. The molecule has 2 aromatic carbocycles. The molecular weight excluding hydrogens is 252 g/mol. The Kier molecular flexibility index (Phi) is 3.24. The molecule has 98 valence electrons. The molecular formula is C15H12N4O.